The minimum absolute atomic E-state index is 0.548. The summed E-state index contributed by atoms with van der Waals surface area (Å²) in [7, 11) is -3.08. The Morgan fingerprint density at radius 3 is 2.78 bits per heavy atom. The first-order chi connectivity index (χ1) is 8.47. The Bertz CT molecular complexity index is 494. The van der Waals surface area contributed by atoms with Gasteiger partial charge in [-0.05, 0) is 32.7 Å². The molecule has 0 radical (unpaired) electrons. The maximum absolute atomic E-state index is 11.4. The number of hydrogen-bond acceptors (Lipinski definition) is 6. The molecule has 1 atom stereocenters. The van der Waals surface area contributed by atoms with Gasteiger partial charge in [0.05, 0.1) is 0 Å². The second-order valence-corrected chi connectivity index (χ2v) is 8.30. The van der Waals surface area contributed by atoms with Gasteiger partial charge in [-0.1, -0.05) is 0 Å². The van der Waals surface area contributed by atoms with Gasteiger partial charge in [-0.15, -0.1) is 21.5 Å². The van der Waals surface area contributed by atoms with E-state index < -0.39 is 15.1 Å². The summed E-state index contributed by atoms with van der Waals surface area (Å²) in [6.07, 6.45) is 5.73. The average molecular weight is 289 g/mol. The third kappa shape index (κ3) is 4.00. The Balaban J connectivity index is 1.81. The van der Waals surface area contributed by atoms with Gasteiger partial charge < -0.3 is 5.32 Å². The summed E-state index contributed by atoms with van der Waals surface area (Å²) >= 11 is 1.41. The lowest BCUT2D eigenvalue weighted by Crippen LogP contribution is -2.17. The van der Waals surface area contributed by atoms with E-state index in [9.17, 15) is 8.42 Å². The second kappa shape index (κ2) is 5.63. The first kappa shape index (κ1) is 13.9. The first-order valence-corrected chi connectivity index (χ1v) is 8.98. The van der Waals surface area contributed by atoms with Crippen LogP contribution in [0.3, 0.4) is 0 Å². The number of aryl methyl sites for hydroxylation is 1. The molecule has 1 heterocycles. The van der Waals surface area contributed by atoms with Gasteiger partial charge in [-0.3, -0.25) is 0 Å². The highest BCUT2D eigenvalue weighted by Gasteiger charge is 2.22. The Morgan fingerprint density at radius 1 is 1.44 bits per heavy atom. The lowest BCUT2D eigenvalue weighted by atomic mass is 10.3. The van der Waals surface area contributed by atoms with Crippen molar-refractivity contribution in [1.29, 1.82) is 0 Å². The van der Waals surface area contributed by atoms with Gasteiger partial charge >= 0.3 is 0 Å². The largest absolute Gasteiger partial charge is 0.314 e. The Kier molecular flexibility index (Phi) is 4.34. The van der Waals surface area contributed by atoms with E-state index in [1.54, 1.807) is 6.92 Å². The normalized spacial score (nSPS) is 17.9. The molecule has 0 aromatic carbocycles. The molecular weight excluding hydrogens is 270 g/mol. The summed E-state index contributed by atoms with van der Waals surface area (Å²) in [5.41, 5.74) is 0. The number of nitrogens with zero attached hydrogens (tertiary/aromatic N) is 2. The lowest BCUT2D eigenvalue weighted by Gasteiger charge is -2.03. The average Bonchev–Trinajstić information content (AvgIpc) is 3.00. The number of rotatable bonds is 7. The van der Waals surface area contributed by atoms with Gasteiger partial charge in [0.1, 0.15) is 15.3 Å². The first-order valence-electron chi connectivity index (χ1n) is 6.21. The van der Waals surface area contributed by atoms with E-state index in [0.717, 1.165) is 30.4 Å². The summed E-state index contributed by atoms with van der Waals surface area (Å²) < 4.78 is 22.8. The molecule has 0 aliphatic heterocycles. The molecule has 102 valence electrons. The van der Waals surface area contributed by atoms with Crippen molar-refractivity contribution in [3.63, 3.8) is 0 Å². The van der Waals surface area contributed by atoms with Gasteiger partial charge in [-0.2, -0.15) is 0 Å². The number of aromatic nitrogens is 2. The van der Waals surface area contributed by atoms with Crippen molar-refractivity contribution in [2.45, 2.75) is 43.9 Å². The van der Waals surface area contributed by atoms with Gasteiger partial charge in [0.2, 0.25) is 0 Å². The van der Waals surface area contributed by atoms with Crippen LogP contribution in [0.1, 0.15) is 41.5 Å². The third-order valence-corrected chi connectivity index (χ3v) is 5.87. The number of sulfone groups is 1. The van der Waals surface area contributed by atoms with Gasteiger partial charge in [0.15, 0.2) is 9.84 Å². The summed E-state index contributed by atoms with van der Waals surface area (Å²) in [6, 6.07) is 0.736. The number of nitrogens with one attached hydrogen (secondary N) is 1. The van der Waals surface area contributed by atoms with Crippen LogP contribution in [0.5, 0.6) is 0 Å². The van der Waals surface area contributed by atoms with E-state index >= 15 is 0 Å². The predicted octanol–water partition coefficient (Wildman–Crippen LogP) is 1.33. The summed E-state index contributed by atoms with van der Waals surface area (Å²) in [5, 5.41) is 12.5. The Morgan fingerprint density at radius 2 is 2.17 bits per heavy atom. The van der Waals surface area contributed by atoms with E-state index in [1.165, 1.54) is 30.4 Å². The molecule has 1 unspecified atom stereocenters. The molecular formula is C11H19N3O2S2. The van der Waals surface area contributed by atoms with Crippen LogP contribution in [-0.4, -0.2) is 37.5 Å². The van der Waals surface area contributed by atoms with Crippen LogP contribution in [0.4, 0.5) is 0 Å². The SMILES string of the molecule is CC(c1nnc(CCCNC2CC2)s1)S(C)(=O)=O. The number of hydrogen-bond donors (Lipinski definition) is 1. The highest BCUT2D eigenvalue weighted by molar-refractivity contribution is 7.91. The Hall–Kier alpha value is -0.530. The zero-order valence-corrected chi connectivity index (χ0v) is 12.4. The molecule has 1 aromatic rings. The van der Waals surface area contributed by atoms with Crippen LogP contribution >= 0.6 is 11.3 Å². The van der Waals surface area contributed by atoms with Crippen LogP contribution in [0.15, 0.2) is 0 Å². The lowest BCUT2D eigenvalue weighted by molar-refractivity contribution is 0.591. The standard InChI is InChI=1S/C11H19N3O2S2/c1-8(18(2,15)16)11-14-13-10(17-11)4-3-7-12-9-5-6-9/h8-9,12H,3-7H2,1-2H3. The third-order valence-electron chi connectivity index (χ3n) is 3.05. The fourth-order valence-electron chi connectivity index (χ4n) is 1.55. The second-order valence-electron chi connectivity index (χ2n) is 4.84. The van der Waals surface area contributed by atoms with Gasteiger partial charge in [0, 0.05) is 18.7 Å². The summed E-state index contributed by atoms with van der Waals surface area (Å²) in [5.74, 6) is 0. The predicted molar refractivity (Wildman–Crippen MR) is 72.5 cm³/mol. The molecule has 2 rings (SSSR count). The van der Waals surface area contributed by atoms with E-state index in [-0.39, 0.29) is 0 Å². The van der Waals surface area contributed by atoms with E-state index in [0.29, 0.717) is 5.01 Å². The molecule has 1 aliphatic carbocycles. The maximum Gasteiger partial charge on any atom is 0.156 e. The van der Waals surface area contributed by atoms with Crippen molar-refractivity contribution in [2.75, 3.05) is 12.8 Å². The van der Waals surface area contributed by atoms with Crippen molar-refractivity contribution >= 4 is 21.2 Å². The molecule has 7 heteroatoms. The molecule has 0 bridgehead atoms. The van der Waals surface area contributed by atoms with Crippen LogP contribution in [-0.2, 0) is 16.3 Å². The van der Waals surface area contributed by atoms with Crippen molar-refractivity contribution in [3.05, 3.63) is 10.0 Å². The maximum atomic E-state index is 11.4. The van der Waals surface area contributed by atoms with Crippen molar-refractivity contribution < 1.29 is 8.42 Å². The topological polar surface area (TPSA) is 72.0 Å². The summed E-state index contributed by atoms with van der Waals surface area (Å²) in [6.45, 7) is 2.66. The molecule has 1 aromatic heterocycles. The molecule has 1 aliphatic rings. The quantitative estimate of drug-likeness (QED) is 0.767. The fraction of sp³-hybridized carbons (Fsp3) is 0.818. The smallest absolute Gasteiger partial charge is 0.156 e. The van der Waals surface area contributed by atoms with E-state index in [2.05, 4.69) is 15.5 Å². The van der Waals surface area contributed by atoms with Crippen molar-refractivity contribution in [1.82, 2.24) is 15.5 Å². The molecule has 1 fully saturated rings. The fourth-order valence-corrected chi connectivity index (χ4v) is 3.45. The zero-order valence-electron chi connectivity index (χ0n) is 10.7. The van der Waals surface area contributed by atoms with E-state index in [4.69, 9.17) is 0 Å². The van der Waals surface area contributed by atoms with Gasteiger partial charge in [0.25, 0.3) is 0 Å². The molecule has 0 amide bonds. The molecule has 18 heavy (non-hydrogen) atoms. The summed E-state index contributed by atoms with van der Waals surface area (Å²) in [4.78, 5) is 0. The van der Waals surface area contributed by atoms with Crippen molar-refractivity contribution in [3.8, 4) is 0 Å². The molecule has 5 nitrogen and oxygen atoms in total. The highest BCUT2D eigenvalue weighted by atomic mass is 32.2. The minimum atomic E-state index is -3.08. The van der Waals surface area contributed by atoms with Gasteiger partial charge in [-0.25, -0.2) is 8.42 Å². The van der Waals surface area contributed by atoms with Crippen molar-refractivity contribution in [2.24, 2.45) is 0 Å². The molecule has 0 spiro atoms. The Labute approximate surface area is 112 Å². The van der Waals surface area contributed by atoms with Crippen LogP contribution in [0, 0.1) is 0 Å². The zero-order chi connectivity index (χ0) is 13.2. The highest BCUT2D eigenvalue weighted by Crippen LogP contribution is 2.24. The molecule has 1 N–H and O–H groups in total. The van der Waals surface area contributed by atoms with Crippen LogP contribution in [0.2, 0.25) is 0 Å². The monoisotopic (exact) mass is 289 g/mol. The molecule has 1 saturated carbocycles. The van der Waals surface area contributed by atoms with Crippen LogP contribution in [0.25, 0.3) is 0 Å². The minimum Gasteiger partial charge on any atom is -0.314 e. The van der Waals surface area contributed by atoms with Crippen LogP contribution < -0.4 is 5.32 Å². The molecule has 0 saturated heterocycles. The van der Waals surface area contributed by atoms with E-state index in [1.807, 2.05) is 0 Å².